The van der Waals surface area contributed by atoms with Crippen LogP contribution in [0.4, 0.5) is 0 Å². The van der Waals surface area contributed by atoms with Crippen molar-refractivity contribution in [3.63, 3.8) is 0 Å². The maximum Gasteiger partial charge on any atom is 0.161 e. The Kier molecular flexibility index (Phi) is 8.50. The van der Waals surface area contributed by atoms with Gasteiger partial charge in [-0.1, -0.05) is 0 Å². The van der Waals surface area contributed by atoms with Crippen molar-refractivity contribution in [1.82, 2.24) is 0 Å². The fourth-order valence-corrected chi connectivity index (χ4v) is 4.78. The number of aliphatic hydroxyl groups excluding tert-OH is 3. The Morgan fingerprint density at radius 3 is 2.03 bits per heavy atom. The molecule has 0 bridgehead atoms. The number of hydrogen-bond acceptors (Lipinski definition) is 9. The molecule has 0 aromatic carbocycles. The highest BCUT2D eigenvalue weighted by Gasteiger charge is 2.44. The third-order valence-electron chi connectivity index (χ3n) is 6.46. The average molecular weight is 435 g/mol. The molecule has 3 rings (SSSR count). The van der Waals surface area contributed by atoms with Gasteiger partial charge in [-0.25, -0.2) is 0 Å². The molecular formula is C21H38O9. The highest BCUT2D eigenvalue weighted by atomic mass is 16.7. The second-order valence-corrected chi connectivity index (χ2v) is 8.88. The largest absolute Gasteiger partial charge is 0.396 e. The highest BCUT2D eigenvalue weighted by Crippen LogP contribution is 2.34. The summed E-state index contributed by atoms with van der Waals surface area (Å²) in [6.45, 7) is 7.46. The van der Waals surface area contributed by atoms with Crippen LogP contribution < -0.4 is 0 Å². The van der Waals surface area contributed by atoms with Crippen molar-refractivity contribution in [2.75, 3.05) is 13.7 Å². The minimum absolute atomic E-state index is 0.0887. The Labute approximate surface area is 178 Å². The van der Waals surface area contributed by atoms with Gasteiger partial charge in [-0.05, 0) is 27.7 Å². The molecule has 3 N–H and O–H groups in total. The number of ether oxygens (including phenoxy) is 6. The highest BCUT2D eigenvalue weighted by molar-refractivity contribution is 4.88. The lowest BCUT2D eigenvalue weighted by Gasteiger charge is -2.45. The molecule has 9 nitrogen and oxygen atoms in total. The third-order valence-corrected chi connectivity index (χ3v) is 6.46. The second kappa shape index (κ2) is 10.5. The first-order valence-corrected chi connectivity index (χ1v) is 11.0. The molecule has 12 atom stereocenters. The maximum absolute atomic E-state index is 10.0. The van der Waals surface area contributed by atoms with E-state index in [4.69, 9.17) is 28.4 Å². The molecule has 0 amide bonds. The number of hydrogen-bond donors (Lipinski definition) is 3. The molecule has 0 spiro atoms. The van der Waals surface area contributed by atoms with Crippen molar-refractivity contribution >= 4 is 0 Å². The molecule has 0 aliphatic carbocycles. The summed E-state index contributed by atoms with van der Waals surface area (Å²) in [5.74, 6) is -0.221. The van der Waals surface area contributed by atoms with E-state index in [2.05, 4.69) is 0 Å². The van der Waals surface area contributed by atoms with Gasteiger partial charge in [0.05, 0.1) is 42.7 Å². The van der Waals surface area contributed by atoms with Crippen LogP contribution in [0.15, 0.2) is 0 Å². The molecule has 12 unspecified atom stereocenters. The normalized spacial score (nSPS) is 50.4. The van der Waals surface area contributed by atoms with Gasteiger partial charge >= 0.3 is 0 Å². The van der Waals surface area contributed by atoms with E-state index in [0.717, 1.165) is 6.42 Å². The standard InChI is InChI=1S/C21H38O9/c1-10-6-16(25-5)21(13(4)26-10)30-17-7-14(9-22)20(12(3)28-17)29-18-8-15(23)19(24)11(2)27-18/h10-24H,6-9H2,1-5H3. The van der Waals surface area contributed by atoms with Crippen LogP contribution >= 0.6 is 0 Å². The first-order valence-electron chi connectivity index (χ1n) is 11.0. The lowest BCUT2D eigenvalue weighted by atomic mass is 9.92. The summed E-state index contributed by atoms with van der Waals surface area (Å²) in [4.78, 5) is 0. The summed E-state index contributed by atoms with van der Waals surface area (Å²) in [7, 11) is 1.67. The van der Waals surface area contributed by atoms with Gasteiger partial charge in [0.25, 0.3) is 0 Å². The van der Waals surface area contributed by atoms with E-state index in [-0.39, 0.29) is 49.5 Å². The molecule has 3 aliphatic heterocycles. The molecule has 0 aromatic heterocycles. The number of aliphatic hydroxyl groups is 3. The van der Waals surface area contributed by atoms with Crippen LogP contribution in [0.25, 0.3) is 0 Å². The predicted octanol–water partition coefficient (Wildman–Crippen LogP) is 0.569. The predicted molar refractivity (Wildman–Crippen MR) is 106 cm³/mol. The SMILES string of the molecule is COC1CC(C)OC(C)C1OC1CC(CO)C(OC2CC(O)C(O)C(C)O2)C(C)O1. The fourth-order valence-electron chi connectivity index (χ4n) is 4.78. The van der Waals surface area contributed by atoms with Gasteiger partial charge < -0.3 is 43.7 Å². The quantitative estimate of drug-likeness (QED) is 0.552. The first kappa shape index (κ1) is 24.3. The number of rotatable bonds is 6. The van der Waals surface area contributed by atoms with Crippen molar-refractivity contribution in [1.29, 1.82) is 0 Å². The maximum atomic E-state index is 10.0. The first-order chi connectivity index (χ1) is 14.2. The van der Waals surface area contributed by atoms with Crippen LogP contribution in [0.2, 0.25) is 0 Å². The zero-order chi connectivity index (χ0) is 22.0. The van der Waals surface area contributed by atoms with Crippen molar-refractivity contribution in [3.8, 4) is 0 Å². The fraction of sp³-hybridized carbons (Fsp3) is 1.00. The van der Waals surface area contributed by atoms with E-state index in [1.165, 1.54) is 0 Å². The van der Waals surface area contributed by atoms with Crippen LogP contribution in [0.5, 0.6) is 0 Å². The van der Waals surface area contributed by atoms with Crippen LogP contribution in [0.1, 0.15) is 47.0 Å². The lowest BCUT2D eigenvalue weighted by Crippen LogP contribution is -2.55. The topological polar surface area (TPSA) is 116 Å². The van der Waals surface area contributed by atoms with Gasteiger partial charge in [-0.3, -0.25) is 0 Å². The molecule has 0 saturated carbocycles. The van der Waals surface area contributed by atoms with Crippen molar-refractivity contribution in [2.45, 2.75) is 114 Å². The van der Waals surface area contributed by atoms with Gasteiger partial charge in [0, 0.05) is 38.9 Å². The Morgan fingerprint density at radius 2 is 1.40 bits per heavy atom. The van der Waals surface area contributed by atoms with Gasteiger partial charge in [0.15, 0.2) is 12.6 Å². The Bertz CT molecular complexity index is 523. The van der Waals surface area contributed by atoms with E-state index in [1.54, 1.807) is 14.0 Å². The van der Waals surface area contributed by atoms with E-state index in [0.29, 0.717) is 6.42 Å². The van der Waals surface area contributed by atoms with Crippen LogP contribution in [0, 0.1) is 5.92 Å². The Hall–Kier alpha value is -0.360. The van der Waals surface area contributed by atoms with Crippen molar-refractivity contribution < 1.29 is 43.7 Å². The van der Waals surface area contributed by atoms with Gasteiger partial charge in [-0.15, -0.1) is 0 Å². The van der Waals surface area contributed by atoms with Crippen LogP contribution in [0.3, 0.4) is 0 Å². The van der Waals surface area contributed by atoms with E-state index in [1.807, 2.05) is 20.8 Å². The van der Waals surface area contributed by atoms with Crippen molar-refractivity contribution in [2.24, 2.45) is 5.92 Å². The summed E-state index contributed by atoms with van der Waals surface area (Å²) >= 11 is 0. The molecule has 0 radical (unpaired) electrons. The third kappa shape index (κ3) is 5.51. The molecule has 9 heteroatoms. The molecule has 3 fully saturated rings. The summed E-state index contributed by atoms with van der Waals surface area (Å²) < 4.78 is 35.6. The number of methoxy groups -OCH3 is 1. The summed E-state index contributed by atoms with van der Waals surface area (Å²) in [5, 5.41) is 29.9. The van der Waals surface area contributed by atoms with E-state index < -0.39 is 37.0 Å². The molecule has 3 aliphatic rings. The Balaban J connectivity index is 1.60. The van der Waals surface area contributed by atoms with Crippen molar-refractivity contribution in [3.05, 3.63) is 0 Å². The smallest absolute Gasteiger partial charge is 0.161 e. The van der Waals surface area contributed by atoms with Crippen LogP contribution in [-0.2, 0) is 28.4 Å². The van der Waals surface area contributed by atoms with Gasteiger partial charge in [-0.2, -0.15) is 0 Å². The van der Waals surface area contributed by atoms with E-state index in [9.17, 15) is 15.3 Å². The average Bonchev–Trinajstić information content (AvgIpc) is 2.69. The lowest BCUT2D eigenvalue weighted by molar-refractivity contribution is -0.322. The second-order valence-electron chi connectivity index (χ2n) is 8.88. The summed E-state index contributed by atoms with van der Waals surface area (Å²) in [6.07, 6.45) is -3.39. The van der Waals surface area contributed by atoms with Gasteiger partial charge in [0.1, 0.15) is 12.2 Å². The monoisotopic (exact) mass is 434 g/mol. The molecule has 3 saturated heterocycles. The molecule has 176 valence electrons. The van der Waals surface area contributed by atoms with Gasteiger partial charge in [0.2, 0.25) is 0 Å². The molecule has 0 aromatic rings. The summed E-state index contributed by atoms with van der Waals surface area (Å²) in [6, 6.07) is 0. The minimum atomic E-state index is -0.938. The van der Waals surface area contributed by atoms with E-state index >= 15 is 0 Å². The molecule has 3 heterocycles. The molecular weight excluding hydrogens is 396 g/mol. The summed E-state index contributed by atoms with van der Waals surface area (Å²) in [5.41, 5.74) is 0. The Morgan fingerprint density at radius 1 is 0.800 bits per heavy atom. The minimum Gasteiger partial charge on any atom is -0.396 e. The molecule has 30 heavy (non-hydrogen) atoms. The van der Waals surface area contributed by atoms with Crippen LogP contribution in [-0.4, -0.2) is 96.6 Å². The zero-order valence-corrected chi connectivity index (χ0v) is 18.5. The zero-order valence-electron chi connectivity index (χ0n) is 18.5.